The highest BCUT2D eigenvalue weighted by Crippen LogP contribution is 2.15. The molecular weight excluding hydrogens is 234 g/mol. The van der Waals surface area contributed by atoms with Gasteiger partial charge in [-0.1, -0.05) is 0 Å². The first-order chi connectivity index (χ1) is 8.69. The van der Waals surface area contributed by atoms with Gasteiger partial charge in [0.15, 0.2) is 0 Å². The molecule has 0 aromatic carbocycles. The van der Waals surface area contributed by atoms with Crippen LogP contribution in [-0.4, -0.2) is 46.3 Å². The average Bonchev–Trinajstić information content (AvgIpc) is 2.41. The fourth-order valence-corrected chi connectivity index (χ4v) is 1.70. The van der Waals surface area contributed by atoms with Crippen LogP contribution in [0, 0.1) is 0 Å². The standard InChI is InChI=1S/C11H22N6O/c1-5-16(6-2)10-12-9(15-18)13-11(14-10)17(7-3)8-4/h18H,5-8H2,1-4H3,(H,12,13,14,15)/i12+2. The lowest BCUT2D eigenvalue weighted by atomic mass is 10.5. The second-order valence-electron chi connectivity index (χ2n) is 3.72. The molecule has 0 amide bonds. The number of hydrogen-bond acceptors (Lipinski definition) is 7. The highest BCUT2D eigenvalue weighted by molar-refractivity contribution is 5.44. The van der Waals surface area contributed by atoms with Crippen LogP contribution in [-0.2, 0) is 0 Å². The van der Waals surface area contributed by atoms with Crippen molar-refractivity contribution < 1.29 is 5.21 Å². The predicted octanol–water partition coefficient (Wildman–Crippen LogP) is 1.37. The van der Waals surface area contributed by atoms with Crippen molar-refractivity contribution in [1.82, 2.24) is 15.0 Å². The Balaban J connectivity index is 3.15. The van der Waals surface area contributed by atoms with Crippen molar-refractivity contribution in [3.63, 3.8) is 0 Å². The first kappa shape index (κ1) is 14.4. The first-order valence-electron chi connectivity index (χ1n) is 6.36. The minimum atomic E-state index is 0.175. The summed E-state index contributed by atoms with van der Waals surface area (Å²) in [5, 5.41) is 9.00. The Labute approximate surface area is 108 Å². The van der Waals surface area contributed by atoms with Crippen LogP contribution in [0.1, 0.15) is 27.7 Å². The molecule has 0 fully saturated rings. The molecule has 1 aromatic rings. The van der Waals surface area contributed by atoms with Gasteiger partial charge in [-0.15, -0.1) is 0 Å². The first-order valence-corrected chi connectivity index (χ1v) is 6.36. The topological polar surface area (TPSA) is 77.4 Å². The molecule has 0 aliphatic carbocycles. The van der Waals surface area contributed by atoms with Crippen LogP contribution >= 0.6 is 0 Å². The molecule has 0 bridgehead atoms. The maximum Gasteiger partial charge on any atom is 0.253 e. The number of hydrogen-bond donors (Lipinski definition) is 2. The molecule has 0 unspecified atom stereocenters. The lowest BCUT2D eigenvalue weighted by Crippen LogP contribution is -2.29. The smallest absolute Gasteiger partial charge is 0.253 e. The Hall–Kier alpha value is -1.63. The second kappa shape index (κ2) is 6.95. The third-order valence-corrected chi connectivity index (χ3v) is 2.80. The SMILES string of the molecule is CCN(CC)c1nc(NO)[16n]c(N(CC)CC)n1. The average molecular weight is 256 g/mol. The molecule has 0 radical (unpaired) electrons. The van der Waals surface area contributed by atoms with Crippen molar-refractivity contribution in [2.24, 2.45) is 0 Å². The Bertz CT molecular complexity index is 334. The van der Waals surface area contributed by atoms with Gasteiger partial charge in [-0.3, -0.25) is 5.21 Å². The van der Waals surface area contributed by atoms with E-state index in [2.05, 4.69) is 15.0 Å². The summed E-state index contributed by atoms with van der Waals surface area (Å²) in [5.41, 5.74) is 2.00. The zero-order chi connectivity index (χ0) is 13.5. The van der Waals surface area contributed by atoms with Gasteiger partial charge in [-0.2, -0.15) is 15.0 Å². The predicted molar refractivity (Wildman–Crippen MR) is 72.4 cm³/mol. The molecule has 7 nitrogen and oxygen atoms in total. The number of anilines is 3. The van der Waals surface area contributed by atoms with Crippen molar-refractivity contribution in [3.8, 4) is 0 Å². The van der Waals surface area contributed by atoms with E-state index < -0.39 is 0 Å². The van der Waals surface area contributed by atoms with Crippen molar-refractivity contribution >= 4 is 17.8 Å². The largest absolute Gasteiger partial charge is 0.341 e. The Morgan fingerprint density at radius 3 is 2.00 bits per heavy atom. The van der Waals surface area contributed by atoms with Crippen molar-refractivity contribution in [2.45, 2.75) is 27.7 Å². The van der Waals surface area contributed by atoms with E-state index in [0.29, 0.717) is 11.9 Å². The molecule has 1 heterocycles. The minimum Gasteiger partial charge on any atom is -0.341 e. The fourth-order valence-electron chi connectivity index (χ4n) is 1.70. The van der Waals surface area contributed by atoms with Crippen molar-refractivity contribution in [1.29, 1.82) is 0 Å². The quantitative estimate of drug-likeness (QED) is 0.713. The van der Waals surface area contributed by atoms with Crippen LogP contribution in [0.5, 0.6) is 0 Å². The van der Waals surface area contributed by atoms with E-state index in [-0.39, 0.29) is 5.95 Å². The summed E-state index contributed by atoms with van der Waals surface area (Å²) < 4.78 is 0. The lowest BCUT2D eigenvalue weighted by molar-refractivity contribution is 0.382. The van der Waals surface area contributed by atoms with E-state index in [1.807, 2.05) is 43.0 Å². The summed E-state index contributed by atoms with van der Waals surface area (Å²) in [5.74, 6) is 1.33. The van der Waals surface area contributed by atoms with Gasteiger partial charge in [0.2, 0.25) is 11.9 Å². The Kier molecular flexibility index (Phi) is 5.57. The molecule has 0 atom stereocenters. The molecule has 0 aliphatic heterocycles. The van der Waals surface area contributed by atoms with Crippen LogP contribution in [0.25, 0.3) is 0 Å². The monoisotopic (exact) mass is 256 g/mol. The molecule has 0 saturated heterocycles. The zero-order valence-corrected chi connectivity index (χ0v) is 11.5. The maximum absolute atomic E-state index is 9.00. The summed E-state index contributed by atoms with van der Waals surface area (Å²) in [6.45, 7) is 11.4. The van der Waals surface area contributed by atoms with Gasteiger partial charge in [0.1, 0.15) is 0 Å². The summed E-state index contributed by atoms with van der Waals surface area (Å²) in [6, 6.07) is 0. The molecule has 0 spiro atoms. The van der Waals surface area contributed by atoms with Crippen LogP contribution in [0.2, 0.25) is 0 Å². The van der Waals surface area contributed by atoms with Gasteiger partial charge in [0.05, 0.1) is 0 Å². The van der Waals surface area contributed by atoms with Crippen molar-refractivity contribution in [3.05, 3.63) is 0 Å². The second-order valence-corrected chi connectivity index (χ2v) is 3.72. The van der Waals surface area contributed by atoms with Crippen LogP contribution in [0.3, 0.4) is 0 Å². The molecule has 0 saturated carbocycles. The van der Waals surface area contributed by atoms with E-state index >= 15 is 0 Å². The van der Waals surface area contributed by atoms with Crippen LogP contribution < -0.4 is 15.3 Å². The summed E-state index contributed by atoms with van der Waals surface area (Å²) >= 11 is 0. The lowest BCUT2D eigenvalue weighted by Gasteiger charge is -2.23. The third-order valence-electron chi connectivity index (χ3n) is 2.80. The number of rotatable bonds is 7. The summed E-state index contributed by atoms with van der Waals surface area (Å²) in [7, 11) is 0. The van der Waals surface area contributed by atoms with E-state index in [1.165, 1.54) is 0 Å². The summed E-state index contributed by atoms with van der Waals surface area (Å²) in [4.78, 5) is 16.8. The Morgan fingerprint density at radius 1 is 1.00 bits per heavy atom. The van der Waals surface area contributed by atoms with Gasteiger partial charge in [-0.05, 0) is 27.7 Å². The maximum atomic E-state index is 9.00. The van der Waals surface area contributed by atoms with Gasteiger partial charge in [-0.25, -0.2) is 5.48 Å². The highest BCUT2D eigenvalue weighted by atomic mass is 16.5. The number of aromatic nitrogens is 3. The molecule has 1 rings (SSSR count). The molecule has 1 aromatic heterocycles. The van der Waals surface area contributed by atoms with Gasteiger partial charge < -0.3 is 9.80 Å². The minimum absolute atomic E-state index is 0.175. The van der Waals surface area contributed by atoms with Gasteiger partial charge in [0.25, 0.3) is 5.95 Å². The van der Waals surface area contributed by atoms with Crippen LogP contribution in [0.4, 0.5) is 17.8 Å². The van der Waals surface area contributed by atoms with E-state index in [4.69, 9.17) is 5.21 Å². The third kappa shape index (κ3) is 3.19. The fraction of sp³-hybridized carbons (Fsp3) is 0.727. The number of nitrogens with zero attached hydrogens (tertiary/aromatic N) is 5. The van der Waals surface area contributed by atoms with Crippen molar-refractivity contribution in [2.75, 3.05) is 41.5 Å². The Morgan fingerprint density at radius 2 is 1.56 bits per heavy atom. The van der Waals surface area contributed by atoms with Crippen LogP contribution in [0.15, 0.2) is 0 Å². The van der Waals surface area contributed by atoms with E-state index in [1.54, 1.807) is 0 Å². The molecule has 2 N–H and O–H groups in total. The van der Waals surface area contributed by atoms with E-state index in [9.17, 15) is 0 Å². The summed E-state index contributed by atoms with van der Waals surface area (Å²) in [6.07, 6.45) is 0. The molecule has 102 valence electrons. The molecule has 0 aliphatic rings. The van der Waals surface area contributed by atoms with E-state index in [0.717, 1.165) is 26.2 Å². The number of nitrogens with one attached hydrogen (secondary N) is 1. The van der Waals surface area contributed by atoms with Gasteiger partial charge >= 0.3 is 0 Å². The molecule has 7 heteroatoms. The normalized spacial score (nSPS) is 10.3. The highest BCUT2D eigenvalue weighted by Gasteiger charge is 2.13. The molecule has 18 heavy (non-hydrogen) atoms. The molecular formula is C11H22N6O. The van der Waals surface area contributed by atoms with Gasteiger partial charge in [0, 0.05) is 26.2 Å². The zero-order valence-electron chi connectivity index (χ0n) is 11.5.